The van der Waals surface area contributed by atoms with Crippen LogP contribution < -0.4 is 0 Å². The molecule has 2 aliphatic heterocycles. The largest absolute Gasteiger partial charge is 0.336 e. The van der Waals surface area contributed by atoms with Gasteiger partial charge in [-0.05, 0) is 42.5 Å². The van der Waals surface area contributed by atoms with Crippen LogP contribution in [-0.2, 0) is 11.2 Å². The lowest BCUT2D eigenvalue weighted by atomic mass is 9.97. The molecule has 0 bridgehead atoms. The van der Waals surface area contributed by atoms with Gasteiger partial charge in [0.25, 0.3) is 0 Å². The SMILES string of the molecule is O=C1CCc2cc(Br)ccc2C2CCCN12. The predicted octanol–water partition coefficient (Wildman–Crippen LogP) is 3.06. The van der Waals surface area contributed by atoms with Crippen LogP contribution in [0.25, 0.3) is 0 Å². The second-order valence-corrected chi connectivity index (χ2v) is 5.50. The normalized spacial score (nSPS) is 23.9. The summed E-state index contributed by atoms with van der Waals surface area (Å²) in [7, 11) is 0. The maximum Gasteiger partial charge on any atom is 0.223 e. The van der Waals surface area contributed by atoms with E-state index in [1.165, 1.54) is 11.1 Å². The summed E-state index contributed by atoms with van der Waals surface area (Å²) in [6, 6.07) is 6.79. The van der Waals surface area contributed by atoms with Crippen molar-refractivity contribution in [3.63, 3.8) is 0 Å². The highest BCUT2D eigenvalue weighted by molar-refractivity contribution is 9.10. The molecular formula is C13H14BrNO. The van der Waals surface area contributed by atoms with Crippen LogP contribution in [0, 0.1) is 0 Å². The molecule has 2 aliphatic rings. The van der Waals surface area contributed by atoms with E-state index in [2.05, 4.69) is 39.0 Å². The van der Waals surface area contributed by atoms with E-state index < -0.39 is 0 Å². The standard InChI is InChI=1S/C13H14BrNO/c14-10-4-5-11-9(8-10)3-6-13(16)15-7-1-2-12(11)15/h4-5,8,12H,1-3,6-7H2. The van der Waals surface area contributed by atoms with Gasteiger partial charge in [0.05, 0.1) is 6.04 Å². The average Bonchev–Trinajstić information content (AvgIpc) is 2.70. The van der Waals surface area contributed by atoms with Crippen molar-refractivity contribution in [2.24, 2.45) is 0 Å². The number of aryl methyl sites for hydroxylation is 1. The fourth-order valence-electron chi connectivity index (χ4n) is 2.89. The van der Waals surface area contributed by atoms with E-state index in [1.807, 2.05) is 0 Å². The molecule has 1 fully saturated rings. The Morgan fingerprint density at radius 1 is 1.31 bits per heavy atom. The fourth-order valence-corrected chi connectivity index (χ4v) is 3.30. The first-order valence-electron chi connectivity index (χ1n) is 5.83. The van der Waals surface area contributed by atoms with Crippen molar-refractivity contribution in [3.8, 4) is 0 Å². The average molecular weight is 280 g/mol. The molecule has 16 heavy (non-hydrogen) atoms. The lowest BCUT2D eigenvalue weighted by molar-refractivity contribution is -0.131. The van der Waals surface area contributed by atoms with Crippen LogP contribution in [0.2, 0.25) is 0 Å². The van der Waals surface area contributed by atoms with E-state index in [9.17, 15) is 4.79 Å². The number of amides is 1. The van der Waals surface area contributed by atoms with E-state index in [1.54, 1.807) is 0 Å². The highest BCUT2D eigenvalue weighted by Crippen LogP contribution is 2.37. The summed E-state index contributed by atoms with van der Waals surface area (Å²) in [4.78, 5) is 14.0. The Hall–Kier alpha value is -0.830. The summed E-state index contributed by atoms with van der Waals surface area (Å²) in [6.45, 7) is 0.943. The maximum absolute atomic E-state index is 12.0. The van der Waals surface area contributed by atoms with Crippen LogP contribution in [0.5, 0.6) is 0 Å². The third kappa shape index (κ3) is 1.58. The monoisotopic (exact) mass is 279 g/mol. The summed E-state index contributed by atoms with van der Waals surface area (Å²) in [6.07, 6.45) is 3.83. The first kappa shape index (κ1) is 10.3. The Morgan fingerprint density at radius 2 is 2.19 bits per heavy atom. The van der Waals surface area contributed by atoms with Gasteiger partial charge in [0.15, 0.2) is 0 Å². The molecule has 2 heterocycles. The van der Waals surface area contributed by atoms with Gasteiger partial charge in [0.1, 0.15) is 0 Å². The van der Waals surface area contributed by atoms with Crippen LogP contribution in [-0.4, -0.2) is 17.4 Å². The van der Waals surface area contributed by atoms with Crippen molar-refractivity contribution in [1.82, 2.24) is 4.90 Å². The zero-order chi connectivity index (χ0) is 11.1. The number of fused-ring (bicyclic) bond motifs is 3. The van der Waals surface area contributed by atoms with Crippen LogP contribution in [0.4, 0.5) is 0 Å². The Bertz CT molecular complexity index is 444. The summed E-state index contributed by atoms with van der Waals surface area (Å²) in [5, 5.41) is 0. The zero-order valence-corrected chi connectivity index (χ0v) is 10.7. The summed E-state index contributed by atoms with van der Waals surface area (Å²) in [5.41, 5.74) is 2.71. The van der Waals surface area contributed by atoms with Gasteiger partial charge in [-0.15, -0.1) is 0 Å². The molecule has 84 valence electrons. The second kappa shape index (κ2) is 3.88. The first-order chi connectivity index (χ1) is 7.75. The molecule has 1 unspecified atom stereocenters. The molecule has 0 saturated carbocycles. The number of carbonyl (C=O) groups is 1. The van der Waals surface area contributed by atoms with Crippen molar-refractivity contribution in [2.45, 2.75) is 31.7 Å². The molecule has 0 aliphatic carbocycles. The highest BCUT2D eigenvalue weighted by atomic mass is 79.9. The Morgan fingerprint density at radius 3 is 3.06 bits per heavy atom. The number of rotatable bonds is 0. The molecule has 1 aromatic rings. The number of carbonyl (C=O) groups excluding carboxylic acids is 1. The van der Waals surface area contributed by atoms with Gasteiger partial charge in [-0.2, -0.15) is 0 Å². The zero-order valence-electron chi connectivity index (χ0n) is 9.08. The topological polar surface area (TPSA) is 20.3 Å². The molecule has 3 heteroatoms. The molecule has 0 radical (unpaired) electrons. The van der Waals surface area contributed by atoms with Gasteiger partial charge in [-0.1, -0.05) is 22.0 Å². The minimum Gasteiger partial charge on any atom is -0.336 e. The van der Waals surface area contributed by atoms with Gasteiger partial charge < -0.3 is 4.90 Å². The van der Waals surface area contributed by atoms with Crippen molar-refractivity contribution in [3.05, 3.63) is 33.8 Å². The number of hydrogen-bond donors (Lipinski definition) is 0. The van der Waals surface area contributed by atoms with Gasteiger partial charge >= 0.3 is 0 Å². The van der Waals surface area contributed by atoms with Crippen molar-refractivity contribution >= 4 is 21.8 Å². The van der Waals surface area contributed by atoms with Gasteiger partial charge in [0, 0.05) is 17.4 Å². The molecule has 0 aromatic heterocycles. The molecule has 0 spiro atoms. The van der Waals surface area contributed by atoms with Crippen molar-refractivity contribution < 1.29 is 4.79 Å². The number of halogens is 1. The van der Waals surface area contributed by atoms with E-state index >= 15 is 0 Å². The van der Waals surface area contributed by atoms with E-state index in [-0.39, 0.29) is 0 Å². The third-order valence-electron chi connectivity index (χ3n) is 3.65. The Balaban J connectivity index is 2.08. The van der Waals surface area contributed by atoms with Gasteiger partial charge in [-0.25, -0.2) is 0 Å². The Labute approximate surface area is 104 Å². The minimum atomic E-state index is 0.329. The van der Waals surface area contributed by atoms with E-state index in [0.29, 0.717) is 18.4 Å². The fraction of sp³-hybridized carbons (Fsp3) is 0.462. The predicted molar refractivity (Wildman–Crippen MR) is 66.2 cm³/mol. The number of benzene rings is 1. The lowest BCUT2D eigenvalue weighted by Crippen LogP contribution is -2.28. The smallest absolute Gasteiger partial charge is 0.223 e. The Kier molecular flexibility index (Phi) is 2.51. The summed E-state index contributed by atoms with van der Waals surface area (Å²) < 4.78 is 1.12. The van der Waals surface area contributed by atoms with Crippen LogP contribution in [0.15, 0.2) is 22.7 Å². The minimum absolute atomic E-state index is 0.329. The number of nitrogens with zero attached hydrogens (tertiary/aromatic N) is 1. The van der Waals surface area contributed by atoms with Crippen LogP contribution in [0.1, 0.15) is 36.4 Å². The molecule has 1 amide bonds. The summed E-state index contributed by atoms with van der Waals surface area (Å²) in [5.74, 6) is 0.329. The molecule has 0 N–H and O–H groups in total. The molecule has 1 atom stereocenters. The third-order valence-corrected chi connectivity index (χ3v) is 4.14. The molecule has 1 saturated heterocycles. The van der Waals surface area contributed by atoms with E-state index in [0.717, 1.165) is 30.3 Å². The van der Waals surface area contributed by atoms with Crippen LogP contribution in [0.3, 0.4) is 0 Å². The first-order valence-corrected chi connectivity index (χ1v) is 6.63. The van der Waals surface area contributed by atoms with Crippen molar-refractivity contribution in [2.75, 3.05) is 6.54 Å². The van der Waals surface area contributed by atoms with Gasteiger partial charge in [0.2, 0.25) is 5.91 Å². The molecule has 1 aromatic carbocycles. The van der Waals surface area contributed by atoms with Gasteiger partial charge in [-0.3, -0.25) is 4.79 Å². The lowest BCUT2D eigenvalue weighted by Gasteiger charge is -2.23. The summed E-state index contributed by atoms with van der Waals surface area (Å²) >= 11 is 3.51. The van der Waals surface area contributed by atoms with E-state index in [4.69, 9.17) is 0 Å². The maximum atomic E-state index is 12.0. The molecule has 3 rings (SSSR count). The van der Waals surface area contributed by atoms with Crippen LogP contribution >= 0.6 is 15.9 Å². The quantitative estimate of drug-likeness (QED) is 0.715. The second-order valence-electron chi connectivity index (χ2n) is 4.59. The number of hydrogen-bond acceptors (Lipinski definition) is 1. The molecule has 2 nitrogen and oxygen atoms in total. The highest BCUT2D eigenvalue weighted by Gasteiger charge is 2.33. The van der Waals surface area contributed by atoms with Crippen molar-refractivity contribution in [1.29, 1.82) is 0 Å². The molecular weight excluding hydrogens is 266 g/mol.